The number of pyridine rings is 1. The summed E-state index contributed by atoms with van der Waals surface area (Å²) < 4.78 is 12.8. The smallest absolute Gasteiger partial charge is 0.121 e. The van der Waals surface area contributed by atoms with Gasteiger partial charge in [-0.15, -0.1) is 0 Å². The summed E-state index contributed by atoms with van der Waals surface area (Å²) in [5.74, 6) is 1.76. The van der Waals surface area contributed by atoms with E-state index < -0.39 is 0 Å². The van der Waals surface area contributed by atoms with Gasteiger partial charge in [0.15, 0.2) is 0 Å². The molecule has 5 heteroatoms. The molecule has 0 amide bonds. The molecule has 0 spiro atoms. The van der Waals surface area contributed by atoms with Gasteiger partial charge in [0.2, 0.25) is 0 Å². The average Bonchev–Trinajstić information content (AvgIpc) is 2.90. The van der Waals surface area contributed by atoms with Gasteiger partial charge in [-0.2, -0.15) is 0 Å². The maximum Gasteiger partial charge on any atom is 0.121 e. The molecule has 2 heterocycles. The number of hydrogen-bond acceptors (Lipinski definition) is 4. The zero-order valence-corrected chi connectivity index (χ0v) is 16.0. The third kappa shape index (κ3) is 3.67. The molecule has 0 atom stereocenters. The molecule has 0 saturated heterocycles. The second-order valence-corrected chi connectivity index (χ2v) is 6.97. The molecule has 0 fully saturated rings. The number of ether oxygens (including phenoxy) is 2. The molecule has 0 radical (unpaired) electrons. The Morgan fingerprint density at radius 3 is 2.52 bits per heavy atom. The van der Waals surface area contributed by atoms with Crippen molar-refractivity contribution >= 4 is 22.7 Å². The van der Waals surface area contributed by atoms with Crippen LogP contribution in [0.4, 0.5) is 0 Å². The summed E-state index contributed by atoms with van der Waals surface area (Å²) in [6, 6.07) is 10.3. The molecule has 4 nitrogen and oxygen atoms in total. The summed E-state index contributed by atoms with van der Waals surface area (Å²) in [7, 11) is 3.43. The van der Waals surface area contributed by atoms with Crippen LogP contribution in [0.1, 0.15) is 16.8 Å². The zero-order valence-electron chi connectivity index (χ0n) is 15.2. The molecule has 0 bridgehead atoms. The highest BCUT2D eigenvalue weighted by molar-refractivity contribution is 7.98. The molecular formula is C20H24N2O2S. The van der Waals surface area contributed by atoms with E-state index in [1.807, 2.05) is 18.3 Å². The first-order valence-corrected chi connectivity index (χ1v) is 9.33. The van der Waals surface area contributed by atoms with Crippen molar-refractivity contribution in [2.75, 3.05) is 20.8 Å². The van der Waals surface area contributed by atoms with Crippen molar-refractivity contribution in [1.82, 2.24) is 9.55 Å². The van der Waals surface area contributed by atoms with Gasteiger partial charge >= 0.3 is 0 Å². The normalized spacial score (nSPS) is 11.2. The number of aromatic nitrogens is 2. The summed E-state index contributed by atoms with van der Waals surface area (Å²) in [5, 5.41) is 2.35. The molecule has 0 aliphatic rings. The lowest BCUT2D eigenvalue weighted by Crippen LogP contribution is -2.06. The van der Waals surface area contributed by atoms with Crippen molar-refractivity contribution in [3.05, 3.63) is 53.3 Å². The van der Waals surface area contributed by atoms with Crippen molar-refractivity contribution in [2.45, 2.75) is 31.2 Å². The second kappa shape index (κ2) is 7.93. The van der Waals surface area contributed by atoms with Gasteiger partial charge in [-0.05, 0) is 43.2 Å². The van der Waals surface area contributed by atoms with E-state index in [0.29, 0.717) is 6.61 Å². The number of methoxy groups -OCH3 is 2. The first kappa shape index (κ1) is 17.8. The molecule has 3 rings (SSSR count). The van der Waals surface area contributed by atoms with Gasteiger partial charge in [-0.25, -0.2) is 4.98 Å². The van der Waals surface area contributed by atoms with Crippen molar-refractivity contribution < 1.29 is 9.47 Å². The predicted octanol–water partition coefficient (Wildman–Crippen LogP) is 4.60. The quantitative estimate of drug-likeness (QED) is 0.580. The first-order valence-electron chi connectivity index (χ1n) is 8.34. The van der Waals surface area contributed by atoms with Crippen LogP contribution in [0.15, 0.2) is 41.6 Å². The number of benzene rings is 1. The van der Waals surface area contributed by atoms with Gasteiger partial charge in [0, 0.05) is 36.7 Å². The van der Waals surface area contributed by atoms with Gasteiger partial charge in [-0.3, -0.25) is 0 Å². The number of fused-ring (bicyclic) bond motifs is 1. The van der Waals surface area contributed by atoms with Crippen LogP contribution in [0.5, 0.6) is 5.75 Å². The topological polar surface area (TPSA) is 36.3 Å². The minimum Gasteiger partial charge on any atom is -0.497 e. The van der Waals surface area contributed by atoms with Gasteiger partial charge in [0.25, 0.3) is 0 Å². The van der Waals surface area contributed by atoms with Crippen LogP contribution in [-0.2, 0) is 17.0 Å². The maximum absolute atomic E-state index is 5.29. The lowest BCUT2D eigenvalue weighted by molar-refractivity contribution is 0.188. The summed E-state index contributed by atoms with van der Waals surface area (Å²) >= 11 is 1.77. The first-order chi connectivity index (χ1) is 12.2. The minimum absolute atomic E-state index is 0.696. The van der Waals surface area contributed by atoms with Crippen molar-refractivity contribution in [2.24, 2.45) is 0 Å². The van der Waals surface area contributed by atoms with Crippen LogP contribution < -0.4 is 4.74 Å². The Morgan fingerprint density at radius 1 is 1.08 bits per heavy atom. The summed E-state index contributed by atoms with van der Waals surface area (Å²) in [4.78, 5) is 4.66. The predicted molar refractivity (Wildman–Crippen MR) is 104 cm³/mol. The fourth-order valence-electron chi connectivity index (χ4n) is 3.00. The number of rotatable bonds is 7. The monoisotopic (exact) mass is 356 g/mol. The van der Waals surface area contributed by atoms with E-state index in [0.717, 1.165) is 23.1 Å². The van der Waals surface area contributed by atoms with Crippen LogP contribution in [0.2, 0.25) is 0 Å². The number of hydrogen-bond donors (Lipinski definition) is 0. The van der Waals surface area contributed by atoms with Crippen LogP contribution >= 0.6 is 11.8 Å². The highest BCUT2D eigenvalue weighted by atomic mass is 32.2. The van der Waals surface area contributed by atoms with E-state index in [-0.39, 0.29) is 0 Å². The van der Waals surface area contributed by atoms with E-state index in [1.54, 1.807) is 26.0 Å². The fraction of sp³-hybridized carbons (Fsp3) is 0.350. The SMILES string of the molecule is COCCn1c(C)c(C)c2ccnc(SCc3ccc(OC)cc3)c21. The Kier molecular flexibility index (Phi) is 5.66. The minimum atomic E-state index is 0.696. The Labute approximate surface area is 153 Å². The second-order valence-electron chi connectivity index (χ2n) is 6.00. The van der Waals surface area contributed by atoms with Crippen LogP contribution in [0, 0.1) is 13.8 Å². The molecule has 0 aliphatic carbocycles. The standard InChI is InChI=1S/C20H24N2O2S/c1-14-15(2)22(11-12-23-3)19-18(14)9-10-21-20(19)25-13-16-5-7-17(24-4)8-6-16/h5-10H,11-13H2,1-4H3. The van der Waals surface area contributed by atoms with Gasteiger partial charge in [0.05, 0.1) is 19.2 Å². The molecule has 0 aliphatic heterocycles. The van der Waals surface area contributed by atoms with E-state index in [9.17, 15) is 0 Å². The Morgan fingerprint density at radius 2 is 1.84 bits per heavy atom. The Balaban J connectivity index is 1.91. The third-order valence-corrected chi connectivity index (χ3v) is 5.62. The van der Waals surface area contributed by atoms with Crippen molar-refractivity contribution in [3.63, 3.8) is 0 Å². The zero-order chi connectivity index (χ0) is 17.8. The molecule has 3 aromatic rings. The average molecular weight is 356 g/mol. The van der Waals surface area contributed by atoms with E-state index in [4.69, 9.17) is 9.47 Å². The van der Waals surface area contributed by atoms with Crippen molar-refractivity contribution in [3.8, 4) is 5.75 Å². The van der Waals surface area contributed by atoms with Gasteiger partial charge < -0.3 is 14.0 Å². The van der Waals surface area contributed by atoms with Crippen LogP contribution in [0.3, 0.4) is 0 Å². The number of aryl methyl sites for hydroxylation is 1. The van der Waals surface area contributed by atoms with Gasteiger partial charge in [0.1, 0.15) is 10.8 Å². The highest BCUT2D eigenvalue weighted by Gasteiger charge is 2.15. The van der Waals surface area contributed by atoms with E-state index in [2.05, 4.69) is 41.6 Å². The van der Waals surface area contributed by atoms with E-state index in [1.165, 1.54) is 27.7 Å². The summed E-state index contributed by atoms with van der Waals surface area (Å²) in [6.07, 6.45) is 1.91. The Hall–Kier alpha value is -1.98. The molecule has 2 aromatic heterocycles. The van der Waals surface area contributed by atoms with Crippen molar-refractivity contribution in [1.29, 1.82) is 0 Å². The number of thioether (sulfide) groups is 1. The lowest BCUT2D eigenvalue weighted by atomic mass is 10.2. The largest absolute Gasteiger partial charge is 0.497 e. The lowest BCUT2D eigenvalue weighted by Gasteiger charge is -2.10. The number of nitrogens with zero attached hydrogens (tertiary/aromatic N) is 2. The molecule has 25 heavy (non-hydrogen) atoms. The summed E-state index contributed by atoms with van der Waals surface area (Å²) in [5.41, 5.74) is 5.08. The molecule has 1 aromatic carbocycles. The van der Waals surface area contributed by atoms with Gasteiger partial charge in [-0.1, -0.05) is 23.9 Å². The van der Waals surface area contributed by atoms with Crippen LogP contribution in [0.25, 0.3) is 10.9 Å². The third-order valence-electron chi connectivity index (χ3n) is 4.57. The maximum atomic E-state index is 5.29. The Bertz CT molecular complexity index is 856. The highest BCUT2D eigenvalue weighted by Crippen LogP contribution is 2.33. The fourth-order valence-corrected chi connectivity index (χ4v) is 3.99. The van der Waals surface area contributed by atoms with E-state index >= 15 is 0 Å². The molecule has 0 saturated carbocycles. The van der Waals surface area contributed by atoms with Crippen LogP contribution in [-0.4, -0.2) is 30.4 Å². The molecule has 132 valence electrons. The molecule has 0 N–H and O–H groups in total. The summed E-state index contributed by atoms with van der Waals surface area (Å²) in [6.45, 7) is 5.89. The molecular weight excluding hydrogens is 332 g/mol. The molecule has 0 unspecified atom stereocenters.